The average Bonchev–Trinajstić information content (AvgIpc) is 2.74. The third kappa shape index (κ3) is 5.39. The molecular weight excluding hydrogens is 396 g/mol. The van der Waals surface area contributed by atoms with Gasteiger partial charge >= 0.3 is 12.1 Å². The molecule has 0 aliphatic carbocycles. The molecule has 0 unspecified atom stereocenters. The molecule has 8 heteroatoms. The van der Waals surface area contributed by atoms with Gasteiger partial charge in [0.2, 0.25) is 0 Å². The minimum Gasteiger partial charge on any atom is -0.465 e. The summed E-state index contributed by atoms with van der Waals surface area (Å²) in [5, 5.41) is 6.14. The van der Waals surface area contributed by atoms with E-state index in [1.807, 2.05) is 32.9 Å². The van der Waals surface area contributed by atoms with Crippen molar-refractivity contribution in [1.82, 2.24) is 14.9 Å². The lowest BCUT2D eigenvalue weighted by Crippen LogP contribution is -2.35. The maximum atomic E-state index is 12.1. The van der Waals surface area contributed by atoms with Gasteiger partial charge in [-0.3, -0.25) is 4.98 Å². The molecule has 0 aliphatic heterocycles. The number of methoxy groups -OCH3 is 1. The zero-order chi connectivity index (χ0) is 22.6. The molecule has 3 rings (SSSR count). The number of fused-ring (bicyclic) bond motifs is 3. The predicted octanol–water partition coefficient (Wildman–Crippen LogP) is 4.24. The van der Waals surface area contributed by atoms with Crippen molar-refractivity contribution in [2.75, 3.05) is 32.6 Å². The fourth-order valence-corrected chi connectivity index (χ4v) is 3.18. The van der Waals surface area contributed by atoms with Gasteiger partial charge in [0.1, 0.15) is 11.4 Å². The van der Waals surface area contributed by atoms with Crippen LogP contribution in [0.15, 0.2) is 36.7 Å². The van der Waals surface area contributed by atoms with Gasteiger partial charge in [0.05, 0.1) is 18.2 Å². The van der Waals surface area contributed by atoms with Crippen LogP contribution in [0.5, 0.6) is 0 Å². The Morgan fingerprint density at radius 1 is 1.13 bits per heavy atom. The Bertz CT molecular complexity index is 1110. The van der Waals surface area contributed by atoms with Crippen molar-refractivity contribution in [2.45, 2.75) is 32.8 Å². The van der Waals surface area contributed by atoms with E-state index in [1.54, 1.807) is 36.5 Å². The van der Waals surface area contributed by atoms with Crippen LogP contribution in [0.4, 0.5) is 10.6 Å². The summed E-state index contributed by atoms with van der Waals surface area (Å²) in [4.78, 5) is 34.5. The van der Waals surface area contributed by atoms with E-state index in [4.69, 9.17) is 14.5 Å². The SMILES string of the molecule is COC(=O)c1ccc2c(c1)nc(NCCCN(C)C(=O)OC(C)(C)C)c1ccncc12. The highest BCUT2D eigenvalue weighted by Gasteiger charge is 2.19. The van der Waals surface area contributed by atoms with E-state index in [-0.39, 0.29) is 6.09 Å². The summed E-state index contributed by atoms with van der Waals surface area (Å²) in [7, 11) is 3.07. The van der Waals surface area contributed by atoms with Gasteiger partial charge < -0.3 is 19.7 Å². The van der Waals surface area contributed by atoms with Crippen molar-refractivity contribution >= 4 is 39.6 Å². The molecule has 0 spiro atoms. The lowest BCUT2D eigenvalue weighted by atomic mass is 10.1. The number of pyridine rings is 2. The first-order valence-corrected chi connectivity index (χ1v) is 10.1. The van der Waals surface area contributed by atoms with Gasteiger partial charge in [0.25, 0.3) is 0 Å². The van der Waals surface area contributed by atoms with Crippen LogP contribution in [0.1, 0.15) is 37.6 Å². The Hall–Kier alpha value is -3.42. The number of anilines is 1. The molecule has 1 aromatic carbocycles. The number of aromatic nitrogens is 2. The number of nitrogens with one attached hydrogen (secondary N) is 1. The van der Waals surface area contributed by atoms with Gasteiger partial charge in [-0.2, -0.15) is 0 Å². The number of carbonyl (C=O) groups excluding carboxylic acids is 2. The zero-order valence-electron chi connectivity index (χ0n) is 18.6. The Morgan fingerprint density at radius 3 is 2.61 bits per heavy atom. The van der Waals surface area contributed by atoms with Gasteiger partial charge in [-0.1, -0.05) is 6.07 Å². The van der Waals surface area contributed by atoms with Crippen LogP contribution >= 0.6 is 0 Å². The second-order valence-corrected chi connectivity index (χ2v) is 8.29. The molecule has 0 bridgehead atoms. The minimum absolute atomic E-state index is 0.344. The van der Waals surface area contributed by atoms with Gasteiger partial charge in [0, 0.05) is 48.7 Å². The third-order valence-electron chi connectivity index (χ3n) is 4.69. The van der Waals surface area contributed by atoms with Crippen LogP contribution in [0.2, 0.25) is 0 Å². The molecule has 164 valence electrons. The van der Waals surface area contributed by atoms with Gasteiger partial charge in [-0.05, 0) is 45.4 Å². The molecule has 0 atom stereocenters. The van der Waals surface area contributed by atoms with E-state index >= 15 is 0 Å². The van der Waals surface area contributed by atoms with E-state index in [0.717, 1.165) is 16.2 Å². The van der Waals surface area contributed by atoms with Crippen LogP contribution in [-0.2, 0) is 9.47 Å². The number of hydrogen-bond acceptors (Lipinski definition) is 7. The molecule has 31 heavy (non-hydrogen) atoms. The first-order valence-electron chi connectivity index (χ1n) is 10.1. The van der Waals surface area contributed by atoms with Crippen LogP contribution in [0.3, 0.4) is 0 Å². The van der Waals surface area contributed by atoms with Crippen LogP contribution in [0, 0.1) is 0 Å². The molecule has 0 radical (unpaired) electrons. The number of benzene rings is 1. The number of rotatable bonds is 6. The Labute approximate surface area is 181 Å². The number of carbonyl (C=O) groups is 2. The van der Waals surface area contributed by atoms with Crippen molar-refractivity contribution in [3.8, 4) is 0 Å². The molecular formula is C23H28N4O4. The molecule has 2 aromatic heterocycles. The summed E-state index contributed by atoms with van der Waals surface area (Å²) >= 11 is 0. The molecule has 0 fully saturated rings. The van der Waals surface area contributed by atoms with Crippen molar-refractivity contribution in [2.24, 2.45) is 0 Å². The third-order valence-corrected chi connectivity index (χ3v) is 4.69. The lowest BCUT2D eigenvalue weighted by Gasteiger charge is -2.24. The summed E-state index contributed by atoms with van der Waals surface area (Å²) in [6.45, 7) is 6.69. The first kappa shape index (κ1) is 22.3. The molecule has 2 heterocycles. The van der Waals surface area contributed by atoms with Crippen LogP contribution < -0.4 is 5.32 Å². The molecule has 0 saturated carbocycles. The first-order chi connectivity index (χ1) is 14.7. The summed E-state index contributed by atoms with van der Waals surface area (Å²) in [5.74, 6) is 0.293. The number of esters is 1. The van der Waals surface area contributed by atoms with Crippen molar-refractivity contribution < 1.29 is 19.1 Å². The zero-order valence-corrected chi connectivity index (χ0v) is 18.6. The van der Waals surface area contributed by atoms with Crippen molar-refractivity contribution in [1.29, 1.82) is 0 Å². The molecule has 1 amide bonds. The van der Waals surface area contributed by atoms with E-state index < -0.39 is 11.6 Å². The molecule has 8 nitrogen and oxygen atoms in total. The van der Waals surface area contributed by atoms with E-state index in [9.17, 15) is 9.59 Å². The quantitative estimate of drug-likeness (QED) is 0.359. The lowest BCUT2D eigenvalue weighted by molar-refractivity contribution is 0.0298. The van der Waals surface area contributed by atoms with Gasteiger partial charge in [0.15, 0.2) is 0 Å². The fourth-order valence-electron chi connectivity index (χ4n) is 3.18. The maximum absolute atomic E-state index is 12.1. The molecule has 1 N–H and O–H groups in total. The monoisotopic (exact) mass is 424 g/mol. The van der Waals surface area contributed by atoms with Crippen LogP contribution in [-0.4, -0.2) is 59.8 Å². The largest absolute Gasteiger partial charge is 0.465 e. The smallest absolute Gasteiger partial charge is 0.410 e. The van der Waals surface area contributed by atoms with Gasteiger partial charge in [-0.25, -0.2) is 14.6 Å². The second kappa shape index (κ2) is 9.16. The number of ether oxygens (including phenoxy) is 2. The summed E-state index contributed by atoms with van der Waals surface area (Å²) < 4.78 is 10.2. The average molecular weight is 425 g/mol. The summed E-state index contributed by atoms with van der Waals surface area (Å²) in [6.07, 6.45) is 3.88. The second-order valence-electron chi connectivity index (χ2n) is 8.29. The molecule has 0 aliphatic rings. The van der Waals surface area contributed by atoms with Crippen LogP contribution in [0.25, 0.3) is 21.7 Å². The summed E-state index contributed by atoms with van der Waals surface area (Å²) in [5.41, 5.74) is 0.599. The summed E-state index contributed by atoms with van der Waals surface area (Å²) in [6, 6.07) is 7.21. The Balaban J connectivity index is 1.76. The van der Waals surface area contributed by atoms with Crippen molar-refractivity contribution in [3.63, 3.8) is 0 Å². The molecule has 0 saturated heterocycles. The van der Waals surface area contributed by atoms with Gasteiger partial charge in [-0.15, -0.1) is 0 Å². The Morgan fingerprint density at radius 2 is 1.90 bits per heavy atom. The number of amides is 1. The highest BCUT2D eigenvalue weighted by molar-refractivity contribution is 6.10. The van der Waals surface area contributed by atoms with E-state index in [2.05, 4.69) is 10.3 Å². The van der Waals surface area contributed by atoms with E-state index in [0.29, 0.717) is 36.4 Å². The predicted molar refractivity (Wildman–Crippen MR) is 120 cm³/mol. The highest BCUT2D eigenvalue weighted by atomic mass is 16.6. The van der Waals surface area contributed by atoms with Crippen molar-refractivity contribution in [3.05, 3.63) is 42.2 Å². The fraction of sp³-hybridized carbons (Fsp3) is 0.391. The molecule has 3 aromatic rings. The standard InChI is InChI=1S/C23H28N4O4/c1-23(2,3)31-22(29)27(4)12-6-10-25-20-17-9-11-24-14-18(17)16-8-7-15(21(28)30-5)13-19(16)26-20/h7-9,11,13-14H,6,10,12H2,1-5H3,(H,25,26). The maximum Gasteiger partial charge on any atom is 0.410 e. The number of nitrogens with zero attached hydrogens (tertiary/aromatic N) is 3. The number of hydrogen-bond donors (Lipinski definition) is 1. The highest BCUT2D eigenvalue weighted by Crippen LogP contribution is 2.29. The Kier molecular flexibility index (Phi) is 6.58. The normalized spacial score (nSPS) is 11.4. The topological polar surface area (TPSA) is 93.7 Å². The minimum atomic E-state index is -0.519. The van der Waals surface area contributed by atoms with E-state index in [1.165, 1.54) is 7.11 Å².